The van der Waals surface area contributed by atoms with Crippen molar-refractivity contribution in [2.45, 2.75) is 0 Å². The number of halogens is 1. The molecule has 1 amide bonds. The van der Waals surface area contributed by atoms with E-state index in [4.69, 9.17) is 0 Å². The molecule has 0 bridgehead atoms. The Morgan fingerprint density at radius 2 is 2.17 bits per heavy atom. The second-order valence-electron chi connectivity index (χ2n) is 4.95. The summed E-state index contributed by atoms with van der Waals surface area (Å²) in [7, 11) is 0. The number of carbonyl (C=O) groups excluding carboxylic acids is 1. The molecule has 1 aromatic carbocycles. The van der Waals surface area contributed by atoms with Crippen LogP contribution in [-0.4, -0.2) is 27.5 Å². The van der Waals surface area contributed by atoms with Gasteiger partial charge in [0.05, 0.1) is 4.91 Å². The summed E-state index contributed by atoms with van der Waals surface area (Å²) >= 11 is 4.79. The highest BCUT2D eigenvalue weighted by molar-refractivity contribution is 9.10. The molecule has 6 heteroatoms. The first-order valence-corrected chi connectivity index (χ1v) is 8.86. The maximum atomic E-state index is 12.7. The highest BCUT2D eigenvalue weighted by Crippen LogP contribution is 2.34. The number of amidine groups is 1. The van der Waals surface area contributed by atoms with Crippen molar-refractivity contribution < 1.29 is 4.79 Å². The van der Waals surface area contributed by atoms with Crippen LogP contribution in [0.1, 0.15) is 5.56 Å². The lowest BCUT2D eigenvalue weighted by atomic mass is 10.2. The SMILES string of the molecule is C=CCN1C(=O)/C(=C/c2cccc(Br)c2)S/C1=N/c1ccccn1. The number of carbonyl (C=O) groups is 1. The lowest BCUT2D eigenvalue weighted by molar-refractivity contribution is -0.121. The van der Waals surface area contributed by atoms with E-state index in [1.807, 2.05) is 42.5 Å². The number of amides is 1. The lowest BCUT2D eigenvalue weighted by Crippen LogP contribution is -2.29. The zero-order valence-corrected chi connectivity index (χ0v) is 15.1. The fourth-order valence-corrected chi connectivity index (χ4v) is 3.56. The van der Waals surface area contributed by atoms with Crippen molar-refractivity contribution in [2.24, 2.45) is 4.99 Å². The van der Waals surface area contributed by atoms with Crippen molar-refractivity contribution >= 4 is 50.7 Å². The Morgan fingerprint density at radius 3 is 2.88 bits per heavy atom. The number of hydrogen-bond acceptors (Lipinski definition) is 4. The number of thioether (sulfide) groups is 1. The van der Waals surface area contributed by atoms with Gasteiger partial charge in [-0.05, 0) is 47.7 Å². The van der Waals surface area contributed by atoms with Gasteiger partial charge in [0.25, 0.3) is 5.91 Å². The number of aromatic nitrogens is 1. The van der Waals surface area contributed by atoms with Gasteiger partial charge in [0, 0.05) is 17.2 Å². The molecule has 1 fully saturated rings. The molecule has 0 N–H and O–H groups in total. The van der Waals surface area contributed by atoms with E-state index < -0.39 is 0 Å². The monoisotopic (exact) mass is 399 g/mol. The molecule has 0 spiro atoms. The molecule has 4 nitrogen and oxygen atoms in total. The summed E-state index contributed by atoms with van der Waals surface area (Å²) in [5.74, 6) is 0.500. The first-order valence-electron chi connectivity index (χ1n) is 7.25. The van der Waals surface area contributed by atoms with Crippen LogP contribution in [0.2, 0.25) is 0 Å². The van der Waals surface area contributed by atoms with Crippen LogP contribution in [-0.2, 0) is 4.79 Å². The second-order valence-corrected chi connectivity index (χ2v) is 6.88. The topological polar surface area (TPSA) is 45.6 Å². The summed E-state index contributed by atoms with van der Waals surface area (Å²) in [6.07, 6.45) is 5.24. The van der Waals surface area contributed by atoms with Crippen LogP contribution in [0.15, 0.2) is 75.7 Å². The van der Waals surface area contributed by atoms with E-state index in [-0.39, 0.29) is 5.91 Å². The van der Waals surface area contributed by atoms with Gasteiger partial charge in [-0.25, -0.2) is 9.98 Å². The van der Waals surface area contributed by atoms with Gasteiger partial charge in [-0.15, -0.1) is 6.58 Å². The highest BCUT2D eigenvalue weighted by atomic mass is 79.9. The summed E-state index contributed by atoms with van der Waals surface area (Å²) in [5, 5.41) is 0.611. The molecule has 2 aromatic rings. The Bertz CT molecular complexity index is 833. The van der Waals surface area contributed by atoms with E-state index in [2.05, 4.69) is 32.5 Å². The van der Waals surface area contributed by atoms with E-state index in [1.165, 1.54) is 11.8 Å². The summed E-state index contributed by atoms with van der Waals surface area (Å²) in [6, 6.07) is 13.3. The summed E-state index contributed by atoms with van der Waals surface area (Å²) < 4.78 is 0.970. The number of hydrogen-bond donors (Lipinski definition) is 0. The average molecular weight is 400 g/mol. The predicted octanol–water partition coefficient (Wildman–Crippen LogP) is 4.63. The minimum absolute atomic E-state index is 0.0745. The number of benzene rings is 1. The molecule has 1 aliphatic heterocycles. The van der Waals surface area contributed by atoms with Gasteiger partial charge in [0.15, 0.2) is 11.0 Å². The third-order valence-electron chi connectivity index (χ3n) is 3.21. The maximum Gasteiger partial charge on any atom is 0.267 e. The smallest absolute Gasteiger partial charge is 0.267 e. The quantitative estimate of drug-likeness (QED) is 0.555. The van der Waals surface area contributed by atoms with Crippen LogP contribution in [0.25, 0.3) is 6.08 Å². The lowest BCUT2D eigenvalue weighted by Gasteiger charge is -2.12. The van der Waals surface area contributed by atoms with Crippen molar-refractivity contribution in [3.8, 4) is 0 Å². The minimum Gasteiger partial charge on any atom is -0.282 e. The molecule has 120 valence electrons. The van der Waals surface area contributed by atoms with Crippen LogP contribution in [0.3, 0.4) is 0 Å². The third kappa shape index (κ3) is 3.83. The van der Waals surface area contributed by atoms with Crippen molar-refractivity contribution in [1.82, 2.24) is 9.88 Å². The molecule has 0 saturated carbocycles. The standard InChI is InChI=1S/C18H14BrN3OS/c1-2-10-22-17(23)15(12-13-6-5-7-14(19)11-13)24-18(22)21-16-8-3-4-9-20-16/h2-9,11-12H,1,10H2/b15-12-,21-18+. The molecule has 1 aliphatic rings. The molecule has 2 heterocycles. The first-order chi connectivity index (χ1) is 11.7. The normalized spacial score (nSPS) is 17.7. The Labute approximate surface area is 153 Å². The minimum atomic E-state index is -0.0745. The molecular weight excluding hydrogens is 386 g/mol. The Hall–Kier alpha value is -2.18. The van der Waals surface area contributed by atoms with E-state index in [1.54, 1.807) is 23.2 Å². The molecule has 0 aliphatic carbocycles. The Morgan fingerprint density at radius 1 is 1.29 bits per heavy atom. The Balaban J connectivity index is 1.95. The third-order valence-corrected chi connectivity index (χ3v) is 4.71. The summed E-state index contributed by atoms with van der Waals surface area (Å²) in [4.78, 5) is 23.6. The summed E-state index contributed by atoms with van der Waals surface area (Å²) in [6.45, 7) is 4.13. The van der Waals surface area contributed by atoms with Crippen molar-refractivity contribution in [3.63, 3.8) is 0 Å². The molecule has 1 aromatic heterocycles. The maximum absolute atomic E-state index is 12.7. The molecule has 1 saturated heterocycles. The number of rotatable bonds is 4. The van der Waals surface area contributed by atoms with Crippen molar-refractivity contribution in [3.05, 3.63) is 76.3 Å². The number of aliphatic imine (C=N–C) groups is 1. The second kappa shape index (κ2) is 7.59. The largest absolute Gasteiger partial charge is 0.282 e. The first kappa shape index (κ1) is 16.7. The fourth-order valence-electron chi connectivity index (χ4n) is 2.15. The average Bonchev–Trinajstić information content (AvgIpc) is 2.85. The van der Waals surface area contributed by atoms with Crippen molar-refractivity contribution in [1.29, 1.82) is 0 Å². The molecule has 0 unspecified atom stereocenters. The van der Waals surface area contributed by atoms with Crippen LogP contribution in [0, 0.1) is 0 Å². The van der Waals surface area contributed by atoms with Gasteiger partial charge in [-0.3, -0.25) is 9.69 Å². The van der Waals surface area contributed by atoms with E-state index in [0.717, 1.165) is 10.0 Å². The van der Waals surface area contributed by atoms with Crippen molar-refractivity contribution in [2.75, 3.05) is 6.54 Å². The molecular formula is C18H14BrN3OS. The summed E-state index contributed by atoms with van der Waals surface area (Å²) in [5.41, 5.74) is 0.956. The van der Waals surface area contributed by atoms with Gasteiger partial charge < -0.3 is 0 Å². The van der Waals surface area contributed by atoms with Crippen LogP contribution < -0.4 is 0 Å². The number of nitrogens with zero attached hydrogens (tertiary/aromatic N) is 3. The molecule has 0 radical (unpaired) electrons. The van der Waals surface area contributed by atoms with E-state index in [0.29, 0.717) is 22.4 Å². The van der Waals surface area contributed by atoms with Gasteiger partial charge in [0.1, 0.15) is 0 Å². The van der Waals surface area contributed by atoms with Crippen LogP contribution in [0.5, 0.6) is 0 Å². The highest BCUT2D eigenvalue weighted by Gasteiger charge is 2.32. The van der Waals surface area contributed by atoms with E-state index in [9.17, 15) is 4.79 Å². The zero-order valence-electron chi connectivity index (χ0n) is 12.7. The van der Waals surface area contributed by atoms with Gasteiger partial charge in [0.2, 0.25) is 0 Å². The van der Waals surface area contributed by atoms with Crippen LogP contribution >= 0.6 is 27.7 Å². The predicted molar refractivity (Wildman–Crippen MR) is 103 cm³/mol. The van der Waals surface area contributed by atoms with Crippen LogP contribution in [0.4, 0.5) is 5.82 Å². The van der Waals surface area contributed by atoms with E-state index >= 15 is 0 Å². The van der Waals surface area contributed by atoms with Gasteiger partial charge >= 0.3 is 0 Å². The van der Waals surface area contributed by atoms with Gasteiger partial charge in [-0.1, -0.05) is 40.2 Å². The molecule has 24 heavy (non-hydrogen) atoms. The van der Waals surface area contributed by atoms with Gasteiger partial charge in [-0.2, -0.15) is 0 Å². The zero-order chi connectivity index (χ0) is 16.9. The number of pyridine rings is 1. The molecule has 0 atom stereocenters. The molecule has 3 rings (SSSR count). The Kier molecular flexibility index (Phi) is 5.27. The fraction of sp³-hybridized carbons (Fsp3) is 0.0556.